The molecule has 0 radical (unpaired) electrons. The number of hydrogen-bond donors (Lipinski definition) is 0. The Labute approximate surface area is 189 Å². The van der Waals surface area contributed by atoms with Crippen LogP contribution in [0.15, 0.2) is 36.4 Å². The average molecular weight is 445 g/mol. The van der Waals surface area contributed by atoms with Crippen molar-refractivity contribution in [3.05, 3.63) is 47.8 Å². The predicted molar refractivity (Wildman–Crippen MR) is 123 cm³/mol. The minimum Gasteiger partial charge on any atom is -0.493 e. The third-order valence-electron chi connectivity index (χ3n) is 5.94. The molecule has 1 fully saturated rings. The van der Waals surface area contributed by atoms with Crippen LogP contribution in [-0.4, -0.2) is 51.3 Å². The van der Waals surface area contributed by atoms with Crippen molar-refractivity contribution >= 4 is 11.6 Å². The smallest absolute Gasteiger partial charge is 0.229 e. The molecule has 6 nitrogen and oxygen atoms in total. The Kier molecular flexibility index (Phi) is 7.96. The van der Waals surface area contributed by atoms with Gasteiger partial charge in [0.15, 0.2) is 11.5 Å². The number of carbonyl (C=O) groups excluding carboxylic acids is 1. The molecule has 1 heterocycles. The Morgan fingerprint density at radius 3 is 2.16 bits per heavy atom. The second-order valence-corrected chi connectivity index (χ2v) is 8.34. The number of hydrogen-bond acceptors (Lipinski definition) is 5. The van der Waals surface area contributed by atoms with Gasteiger partial charge in [-0.15, -0.1) is 0 Å². The lowest BCUT2D eigenvalue weighted by atomic mass is 9.99. The first-order valence-electron chi connectivity index (χ1n) is 11.0. The molecule has 0 atom stereocenters. The van der Waals surface area contributed by atoms with Crippen molar-refractivity contribution in [1.82, 2.24) is 4.90 Å². The summed E-state index contributed by atoms with van der Waals surface area (Å²) in [5.41, 5.74) is 1.78. The molecule has 3 rings (SSSR count). The third-order valence-corrected chi connectivity index (χ3v) is 5.94. The number of carbonyl (C=O) groups is 1. The summed E-state index contributed by atoms with van der Waals surface area (Å²) >= 11 is 0. The van der Waals surface area contributed by atoms with Gasteiger partial charge < -0.3 is 19.1 Å². The van der Waals surface area contributed by atoms with E-state index in [0.29, 0.717) is 23.8 Å². The number of ether oxygens (including phenoxy) is 3. The molecule has 0 N–H and O–H groups in total. The van der Waals surface area contributed by atoms with Crippen molar-refractivity contribution in [3.8, 4) is 17.2 Å². The topological polar surface area (TPSA) is 51.2 Å². The minimum absolute atomic E-state index is 0.0663. The molecule has 0 unspecified atom stereocenters. The molecule has 1 aliphatic heterocycles. The van der Waals surface area contributed by atoms with Crippen molar-refractivity contribution < 1.29 is 23.4 Å². The molecule has 0 spiro atoms. The van der Waals surface area contributed by atoms with Crippen LogP contribution in [0.5, 0.6) is 17.2 Å². The van der Waals surface area contributed by atoms with Gasteiger partial charge in [-0.2, -0.15) is 0 Å². The van der Waals surface area contributed by atoms with Gasteiger partial charge in [0.05, 0.1) is 21.3 Å². The Balaban J connectivity index is 1.73. The van der Waals surface area contributed by atoms with Crippen LogP contribution < -0.4 is 19.1 Å². The van der Waals surface area contributed by atoms with Crippen molar-refractivity contribution in [2.24, 2.45) is 5.92 Å². The van der Waals surface area contributed by atoms with E-state index >= 15 is 0 Å². The minimum atomic E-state index is -0.301. The van der Waals surface area contributed by atoms with Crippen molar-refractivity contribution in [3.63, 3.8) is 0 Å². The van der Waals surface area contributed by atoms with E-state index in [0.717, 1.165) is 37.2 Å². The van der Waals surface area contributed by atoms with Gasteiger partial charge in [-0.25, -0.2) is 4.39 Å². The Bertz CT molecular complexity index is 909. The molecule has 0 bridgehead atoms. The Morgan fingerprint density at radius 1 is 1.00 bits per heavy atom. The first-order chi connectivity index (χ1) is 15.4. The van der Waals surface area contributed by atoms with Gasteiger partial charge in [0.1, 0.15) is 5.82 Å². The number of rotatable bonds is 8. The molecule has 1 aliphatic rings. The fraction of sp³-hybridized carbons (Fsp3) is 0.480. The van der Waals surface area contributed by atoms with Gasteiger partial charge >= 0.3 is 0 Å². The molecule has 0 aromatic heterocycles. The summed E-state index contributed by atoms with van der Waals surface area (Å²) in [7, 11) is 4.84. The lowest BCUT2D eigenvalue weighted by Crippen LogP contribution is -2.48. The number of methoxy groups -OCH3 is 3. The summed E-state index contributed by atoms with van der Waals surface area (Å²) in [5.74, 6) is 1.54. The standard InChI is InChI=1S/C25H33FN2O4/c1-17(2)25(29)28(20-9-7-19(26)8-10-20)21-12-14-27(15-13-21)16-18-6-11-22(30-3)24(32-5)23(18)31-4/h6-11,17,21H,12-16H2,1-5H3. The average Bonchev–Trinajstić information content (AvgIpc) is 2.80. The van der Waals surface area contributed by atoms with E-state index < -0.39 is 0 Å². The molecular formula is C25H33FN2O4. The van der Waals surface area contributed by atoms with Gasteiger partial charge in [0, 0.05) is 42.8 Å². The van der Waals surface area contributed by atoms with Crippen LogP contribution in [0, 0.1) is 11.7 Å². The fourth-order valence-electron chi connectivity index (χ4n) is 4.26. The molecular weight excluding hydrogens is 411 g/mol. The second-order valence-electron chi connectivity index (χ2n) is 8.34. The maximum absolute atomic E-state index is 13.4. The zero-order valence-corrected chi connectivity index (χ0v) is 19.6. The number of halogens is 1. The Morgan fingerprint density at radius 2 is 1.62 bits per heavy atom. The summed E-state index contributed by atoms with van der Waals surface area (Å²) in [6.07, 6.45) is 1.68. The summed E-state index contributed by atoms with van der Waals surface area (Å²) in [4.78, 5) is 17.2. The molecule has 1 amide bonds. The largest absolute Gasteiger partial charge is 0.493 e. The van der Waals surface area contributed by atoms with Crippen LogP contribution in [0.3, 0.4) is 0 Å². The summed E-state index contributed by atoms with van der Waals surface area (Å²) in [6.45, 7) is 6.19. The zero-order chi connectivity index (χ0) is 23.3. The number of amides is 1. The van der Waals surface area contributed by atoms with Gasteiger partial charge in [-0.3, -0.25) is 9.69 Å². The highest BCUT2D eigenvalue weighted by atomic mass is 19.1. The van der Waals surface area contributed by atoms with Crippen LogP contribution in [0.2, 0.25) is 0 Å². The van der Waals surface area contributed by atoms with Crippen LogP contribution in [0.25, 0.3) is 0 Å². The van der Waals surface area contributed by atoms with Crippen LogP contribution in [0.1, 0.15) is 32.3 Å². The van der Waals surface area contributed by atoms with Crippen LogP contribution >= 0.6 is 0 Å². The van der Waals surface area contributed by atoms with Gasteiger partial charge in [0.25, 0.3) is 0 Å². The summed E-state index contributed by atoms with van der Waals surface area (Å²) in [6, 6.07) is 10.2. The first-order valence-corrected chi connectivity index (χ1v) is 11.0. The van der Waals surface area contributed by atoms with Crippen molar-refractivity contribution in [1.29, 1.82) is 0 Å². The molecule has 0 aliphatic carbocycles. The normalized spacial score (nSPS) is 15.0. The van der Waals surface area contributed by atoms with E-state index in [9.17, 15) is 9.18 Å². The first kappa shape index (κ1) is 23.9. The number of piperidine rings is 1. The number of nitrogens with zero attached hydrogens (tertiary/aromatic N) is 2. The van der Waals surface area contributed by atoms with Crippen molar-refractivity contribution in [2.45, 2.75) is 39.3 Å². The summed E-state index contributed by atoms with van der Waals surface area (Å²) < 4.78 is 29.9. The van der Waals surface area contributed by atoms with Crippen LogP contribution in [0.4, 0.5) is 10.1 Å². The highest BCUT2D eigenvalue weighted by molar-refractivity contribution is 5.95. The molecule has 32 heavy (non-hydrogen) atoms. The quantitative estimate of drug-likeness (QED) is 0.600. The summed E-state index contributed by atoms with van der Waals surface area (Å²) in [5, 5.41) is 0. The van der Waals surface area contributed by atoms with Gasteiger partial charge in [-0.05, 0) is 43.2 Å². The van der Waals surface area contributed by atoms with Crippen molar-refractivity contribution in [2.75, 3.05) is 39.3 Å². The maximum atomic E-state index is 13.4. The SMILES string of the molecule is COc1ccc(CN2CCC(N(C(=O)C(C)C)c3ccc(F)cc3)CC2)c(OC)c1OC. The van der Waals surface area contributed by atoms with Gasteiger partial charge in [0.2, 0.25) is 11.7 Å². The number of likely N-dealkylation sites (tertiary alicyclic amines) is 1. The number of benzene rings is 2. The third kappa shape index (κ3) is 5.15. The molecule has 174 valence electrons. The predicted octanol–water partition coefficient (Wildman–Crippen LogP) is 4.51. The molecule has 7 heteroatoms. The fourth-order valence-corrected chi connectivity index (χ4v) is 4.26. The monoisotopic (exact) mass is 444 g/mol. The molecule has 0 saturated carbocycles. The molecule has 1 saturated heterocycles. The highest BCUT2D eigenvalue weighted by Crippen LogP contribution is 2.40. The van der Waals surface area contributed by atoms with Gasteiger partial charge in [-0.1, -0.05) is 19.9 Å². The van der Waals surface area contributed by atoms with E-state index in [-0.39, 0.29) is 23.7 Å². The lowest BCUT2D eigenvalue weighted by Gasteiger charge is -2.39. The highest BCUT2D eigenvalue weighted by Gasteiger charge is 2.31. The lowest BCUT2D eigenvalue weighted by molar-refractivity contribution is -0.122. The molecule has 2 aromatic carbocycles. The molecule has 2 aromatic rings. The van der Waals surface area contributed by atoms with E-state index in [1.165, 1.54) is 12.1 Å². The zero-order valence-electron chi connectivity index (χ0n) is 19.6. The maximum Gasteiger partial charge on any atom is 0.229 e. The Hall–Kier alpha value is -2.80. The van der Waals surface area contributed by atoms with Crippen LogP contribution in [-0.2, 0) is 11.3 Å². The van der Waals surface area contributed by atoms with E-state index in [1.807, 2.05) is 30.9 Å². The van der Waals surface area contributed by atoms with E-state index in [1.54, 1.807) is 33.5 Å². The van der Waals surface area contributed by atoms with E-state index in [2.05, 4.69) is 4.90 Å². The number of anilines is 1. The second kappa shape index (κ2) is 10.7. The van der Waals surface area contributed by atoms with E-state index in [4.69, 9.17) is 14.2 Å².